The van der Waals surface area contributed by atoms with Crippen molar-refractivity contribution in [3.8, 4) is 6.07 Å². The minimum Gasteiger partial charge on any atom is -0.294 e. The van der Waals surface area contributed by atoms with Gasteiger partial charge in [0.25, 0.3) is 0 Å². The van der Waals surface area contributed by atoms with Crippen LogP contribution in [0.5, 0.6) is 0 Å². The number of nitrogens with zero attached hydrogens (tertiary/aromatic N) is 1. The molecule has 0 aliphatic rings. The molecule has 0 aliphatic heterocycles. The highest BCUT2D eigenvalue weighted by Crippen LogP contribution is 2.13. The van der Waals surface area contributed by atoms with Crippen LogP contribution in [-0.4, -0.2) is 5.78 Å². The molecule has 0 saturated heterocycles. The highest BCUT2D eigenvalue weighted by Gasteiger charge is 2.06. The van der Waals surface area contributed by atoms with Crippen molar-refractivity contribution >= 4 is 21.7 Å². The van der Waals surface area contributed by atoms with E-state index >= 15 is 0 Å². The first-order valence-corrected chi connectivity index (χ1v) is 6.26. The third kappa shape index (κ3) is 3.06. The molecule has 0 N–H and O–H groups in total. The van der Waals surface area contributed by atoms with Crippen LogP contribution >= 0.6 is 15.9 Å². The lowest BCUT2D eigenvalue weighted by atomic mass is 10.0. The van der Waals surface area contributed by atoms with E-state index in [9.17, 15) is 4.79 Å². The van der Waals surface area contributed by atoms with Gasteiger partial charge >= 0.3 is 0 Å². The van der Waals surface area contributed by atoms with Crippen molar-refractivity contribution in [1.82, 2.24) is 0 Å². The van der Waals surface area contributed by atoms with Crippen molar-refractivity contribution in [2.24, 2.45) is 0 Å². The van der Waals surface area contributed by atoms with Gasteiger partial charge in [0.2, 0.25) is 0 Å². The van der Waals surface area contributed by atoms with Gasteiger partial charge in [0.15, 0.2) is 5.78 Å². The molecule has 2 rings (SSSR count). The Morgan fingerprint density at radius 1 is 1.06 bits per heavy atom. The van der Waals surface area contributed by atoms with Crippen LogP contribution in [0.25, 0.3) is 0 Å². The van der Waals surface area contributed by atoms with Gasteiger partial charge < -0.3 is 0 Å². The van der Waals surface area contributed by atoms with Crippen LogP contribution in [0.4, 0.5) is 0 Å². The van der Waals surface area contributed by atoms with Crippen molar-refractivity contribution in [3.63, 3.8) is 0 Å². The molecular formula is C15H10BrNO. The maximum Gasteiger partial charge on any atom is 0.167 e. The van der Waals surface area contributed by atoms with Gasteiger partial charge in [-0.1, -0.05) is 40.2 Å². The summed E-state index contributed by atoms with van der Waals surface area (Å²) >= 11 is 3.36. The van der Waals surface area contributed by atoms with Gasteiger partial charge in [-0.3, -0.25) is 4.79 Å². The molecule has 3 heteroatoms. The summed E-state index contributed by atoms with van der Waals surface area (Å²) in [6.45, 7) is 0. The van der Waals surface area contributed by atoms with Crippen molar-refractivity contribution in [2.75, 3.05) is 0 Å². The number of benzene rings is 2. The Morgan fingerprint density at radius 2 is 1.67 bits per heavy atom. The van der Waals surface area contributed by atoms with Crippen LogP contribution in [0, 0.1) is 11.3 Å². The third-order valence-corrected chi connectivity index (χ3v) is 3.14. The number of rotatable bonds is 3. The molecule has 0 saturated carbocycles. The summed E-state index contributed by atoms with van der Waals surface area (Å²) in [5.74, 6) is 0.0572. The molecule has 0 bridgehead atoms. The predicted octanol–water partition coefficient (Wildman–Crippen LogP) is 3.75. The Morgan fingerprint density at radius 3 is 2.22 bits per heavy atom. The summed E-state index contributed by atoms with van der Waals surface area (Å²) in [5.41, 5.74) is 2.18. The second kappa shape index (κ2) is 5.61. The second-order valence-electron chi connectivity index (χ2n) is 3.92. The average Bonchev–Trinajstić information content (AvgIpc) is 2.41. The number of carbonyl (C=O) groups is 1. The molecule has 0 aliphatic carbocycles. The zero-order valence-electron chi connectivity index (χ0n) is 9.56. The Kier molecular flexibility index (Phi) is 3.91. The Balaban J connectivity index is 2.12. The maximum atomic E-state index is 12.0. The van der Waals surface area contributed by atoms with E-state index in [4.69, 9.17) is 5.26 Å². The molecule has 2 aromatic rings. The molecule has 0 fully saturated rings. The molecule has 2 aromatic carbocycles. The lowest BCUT2D eigenvalue weighted by Gasteiger charge is -2.02. The van der Waals surface area contributed by atoms with Crippen LogP contribution < -0.4 is 0 Å². The first-order chi connectivity index (χ1) is 8.69. The van der Waals surface area contributed by atoms with Gasteiger partial charge in [-0.15, -0.1) is 0 Å². The summed E-state index contributed by atoms with van der Waals surface area (Å²) in [5, 5.41) is 8.69. The third-order valence-electron chi connectivity index (χ3n) is 2.61. The van der Waals surface area contributed by atoms with Crippen LogP contribution in [-0.2, 0) is 6.42 Å². The quantitative estimate of drug-likeness (QED) is 0.810. The highest BCUT2D eigenvalue weighted by atomic mass is 79.9. The number of halogens is 1. The SMILES string of the molecule is N#Cc1ccc(C(=O)Cc2ccc(Br)cc2)cc1. The average molecular weight is 300 g/mol. The topological polar surface area (TPSA) is 40.9 Å². The largest absolute Gasteiger partial charge is 0.294 e. The number of carbonyl (C=O) groups excluding carboxylic acids is 1. The maximum absolute atomic E-state index is 12.0. The van der Waals surface area contributed by atoms with Crippen LogP contribution in [0.1, 0.15) is 21.5 Å². The van der Waals surface area contributed by atoms with Crippen LogP contribution in [0.15, 0.2) is 53.0 Å². The van der Waals surface area contributed by atoms with E-state index in [-0.39, 0.29) is 5.78 Å². The zero-order chi connectivity index (χ0) is 13.0. The standard InChI is InChI=1S/C15H10BrNO/c16-14-7-3-11(4-8-14)9-15(18)13-5-1-12(10-17)2-6-13/h1-8H,9H2. The van der Waals surface area contributed by atoms with E-state index in [0.29, 0.717) is 17.5 Å². The van der Waals surface area contributed by atoms with E-state index in [2.05, 4.69) is 15.9 Å². The molecule has 0 aromatic heterocycles. The van der Waals surface area contributed by atoms with Crippen LogP contribution in [0.2, 0.25) is 0 Å². The second-order valence-corrected chi connectivity index (χ2v) is 4.83. The first kappa shape index (κ1) is 12.5. The Bertz CT molecular complexity index is 594. The fraction of sp³-hybridized carbons (Fsp3) is 0.0667. The molecule has 88 valence electrons. The summed E-state index contributed by atoms with van der Waals surface area (Å²) in [6, 6.07) is 16.4. The fourth-order valence-corrected chi connectivity index (χ4v) is 1.88. The van der Waals surface area contributed by atoms with E-state index in [1.165, 1.54) is 0 Å². The molecule has 0 spiro atoms. The lowest BCUT2D eigenvalue weighted by Crippen LogP contribution is -2.03. The molecule has 0 unspecified atom stereocenters. The minimum atomic E-state index is 0.0572. The summed E-state index contributed by atoms with van der Waals surface area (Å²) in [4.78, 5) is 12.0. The number of Topliss-reactive ketones (excluding diaryl/α,β-unsaturated/α-hetero) is 1. The fourth-order valence-electron chi connectivity index (χ4n) is 1.62. The predicted molar refractivity (Wildman–Crippen MR) is 73.3 cm³/mol. The monoisotopic (exact) mass is 299 g/mol. The number of nitriles is 1. The Labute approximate surface area is 114 Å². The lowest BCUT2D eigenvalue weighted by molar-refractivity contribution is 0.0993. The molecule has 0 atom stereocenters. The van der Waals surface area contributed by atoms with Crippen LogP contribution in [0.3, 0.4) is 0 Å². The van der Waals surface area contributed by atoms with Gasteiger partial charge in [0, 0.05) is 16.5 Å². The van der Waals surface area contributed by atoms with E-state index < -0.39 is 0 Å². The van der Waals surface area contributed by atoms with E-state index in [1.54, 1.807) is 24.3 Å². The van der Waals surface area contributed by atoms with Crippen molar-refractivity contribution in [2.45, 2.75) is 6.42 Å². The number of hydrogen-bond acceptors (Lipinski definition) is 2. The molecular weight excluding hydrogens is 290 g/mol. The van der Waals surface area contributed by atoms with E-state index in [1.807, 2.05) is 30.3 Å². The molecule has 2 nitrogen and oxygen atoms in total. The van der Waals surface area contributed by atoms with Crippen molar-refractivity contribution in [1.29, 1.82) is 5.26 Å². The smallest absolute Gasteiger partial charge is 0.167 e. The normalized spacial score (nSPS) is 9.78. The van der Waals surface area contributed by atoms with Crippen molar-refractivity contribution in [3.05, 3.63) is 69.7 Å². The van der Waals surface area contributed by atoms with Gasteiger partial charge in [0.1, 0.15) is 0 Å². The molecule has 0 radical (unpaired) electrons. The van der Waals surface area contributed by atoms with Gasteiger partial charge in [-0.05, 0) is 29.8 Å². The molecule has 0 amide bonds. The number of ketones is 1. The highest BCUT2D eigenvalue weighted by molar-refractivity contribution is 9.10. The number of hydrogen-bond donors (Lipinski definition) is 0. The summed E-state index contributed by atoms with van der Waals surface area (Å²) < 4.78 is 0.997. The summed E-state index contributed by atoms with van der Waals surface area (Å²) in [6.07, 6.45) is 0.374. The first-order valence-electron chi connectivity index (χ1n) is 5.47. The molecule has 0 heterocycles. The Hall–Kier alpha value is -1.92. The minimum absolute atomic E-state index is 0.0572. The van der Waals surface area contributed by atoms with Gasteiger partial charge in [-0.2, -0.15) is 5.26 Å². The zero-order valence-corrected chi connectivity index (χ0v) is 11.1. The summed E-state index contributed by atoms with van der Waals surface area (Å²) in [7, 11) is 0. The van der Waals surface area contributed by atoms with Gasteiger partial charge in [-0.25, -0.2) is 0 Å². The molecule has 18 heavy (non-hydrogen) atoms. The van der Waals surface area contributed by atoms with E-state index in [0.717, 1.165) is 10.0 Å². The van der Waals surface area contributed by atoms with Crippen molar-refractivity contribution < 1.29 is 4.79 Å². The van der Waals surface area contributed by atoms with Gasteiger partial charge in [0.05, 0.1) is 11.6 Å².